The van der Waals surface area contributed by atoms with E-state index in [1.54, 1.807) is 30.8 Å². The Morgan fingerprint density at radius 1 is 0.951 bits per heavy atom. The van der Waals surface area contributed by atoms with Crippen molar-refractivity contribution in [3.63, 3.8) is 0 Å². The zero-order chi connectivity index (χ0) is 28.7. The van der Waals surface area contributed by atoms with Gasteiger partial charge in [0.05, 0.1) is 12.1 Å². The molecule has 5 rings (SSSR count). The van der Waals surface area contributed by atoms with Crippen LogP contribution >= 0.6 is 11.8 Å². The van der Waals surface area contributed by atoms with Crippen LogP contribution in [0.4, 0.5) is 0 Å². The summed E-state index contributed by atoms with van der Waals surface area (Å²) >= 11 is 1.37. The van der Waals surface area contributed by atoms with Crippen molar-refractivity contribution in [2.75, 3.05) is 19.7 Å². The van der Waals surface area contributed by atoms with Crippen LogP contribution < -0.4 is 0 Å². The Balaban J connectivity index is 1.64. The smallest absolute Gasteiger partial charge is 0.325 e. The summed E-state index contributed by atoms with van der Waals surface area (Å²) in [4.78, 5) is 31.7. The predicted molar refractivity (Wildman–Crippen MR) is 164 cm³/mol. The largest absolute Gasteiger partial charge is 0.465 e. The Bertz CT molecular complexity index is 1390. The number of hydrogen-bond acceptors (Lipinski definition) is 6. The van der Waals surface area contributed by atoms with Crippen LogP contribution in [-0.2, 0) is 26.4 Å². The zero-order valence-corrected chi connectivity index (χ0v) is 24.3. The standard InChI is InChI=1S/C34H35N3O3S/c1-3-40-33(39)25-36-22-20-35-32(36)23-27-24-37(21-19-31(27)41-26(2)38)34(28-13-7-4-8-14-28,29-15-9-5-10-16-29)30-17-11-6-12-18-30/h4-18,20,22-23,31H,3,19,21,24-25H2,1-2H3/b27-23-. The number of benzene rings is 3. The number of esters is 1. The molecule has 3 aromatic carbocycles. The molecular formula is C34H35N3O3S. The second-order valence-electron chi connectivity index (χ2n) is 10.1. The van der Waals surface area contributed by atoms with Crippen molar-refractivity contribution in [2.45, 2.75) is 37.6 Å². The molecule has 1 saturated heterocycles. The van der Waals surface area contributed by atoms with E-state index >= 15 is 0 Å². The van der Waals surface area contributed by atoms with Crippen LogP contribution in [0.2, 0.25) is 0 Å². The third-order valence-corrected chi connectivity index (χ3v) is 8.63. The maximum Gasteiger partial charge on any atom is 0.325 e. The molecule has 0 bridgehead atoms. The van der Waals surface area contributed by atoms with Gasteiger partial charge in [0, 0.05) is 37.7 Å². The fourth-order valence-electron chi connectivity index (χ4n) is 5.81. The van der Waals surface area contributed by atoms with E-state index in [0.29, 0.717) is 19.0 Å². The van der Waals surface area contributed by atoms with Crippen molar-refractivity contribution in [1.29, 1.82) is 0 Å². The molecule has 1 fully saturated rings. The van der Waals surface area contributed by atoms with Crippen molar-refractivity contribution in [1.82, 2.24) is 14.5 Å². The summed E-state index contributed by atoms with van der Waals surface area (Å²) in [6.45, 7) is 5.25. The SMILES string of the molecule is CCOC(=O)Cn1ccnc1/C=C1/CN(C(c2ccccc2)(c2ccccc2)c2ccccc2)CCC1SC(C)=O. The highest BCUT2D eigenvalue weighted by Crippen LogP contribution is 2.45. The van der Waals surface area contributed by atoms with Gasteiger partial charge in [-0.2, -0.15) is 0 Å². The molecule has 1 aliphatic rings. The highest BCUT2D eigenvalue weighted by Gasteiger charge is 2.44. The van der Waals surface area contributed by atoms with Gasteiger partial charge in [0.25, 0.3) is 0 Å². The molecule has 1 aliphatic heterocycles. The summed E-state index contributed by atoms with van der Waals surface area (Å²) < 4.78 is 6.98. The van der Waals surface area contributed by atoms with E-state index in [9.17, 15) is 9.59 Å². The maximum atomic E-state index is 12.3. The number of nitrogens with zero attached hydrogens (tertiary/aromatic N) is 3. The number of imidazole rings is 1. The van der Waals surface area contributed by atoms with Crippen molar-refractivity contribution in [3.8, 4) is 0 Å². The third kappa shape index (κ3) is 6.21. The molecule has 0 amide bonds. The first-order valence-corrected chi connectivity index (χ1v) is 14.9. The number of ether oxygens (including phenoxy) is 1. The first kappa shape index (κ1) is 28.6. The molecule has 4 aromatic rings. The molecular weight excluding hydrogens is 530 g/mol. The minimum absolute atomic E-state index is 0.0107. The molecule has 1 unspecified atom stereocenters. The van der Waals surface area contributed by atoms with E-state index in [0.717, 1.165) is 18.5 Å². The van der Waals surface area contributed by atoms with Crippen LogP contribution in [0.3, 0.4) is 0 Å². The van der Waals surface area contributed by atoms with Gasteiger partial charge in [0.15, 0.2) is 5.12 Å². The van der Waals surface area contributed by atoms with E-state index in [1.165, 1.54) is 28.5 Å². The molecule has 41 heavy (non-hydrogen) atoms. The van der Waals surface area contributed by atoms with Gasteiger partial charge in [-0.05, 0) is 41.7 Å². The highest BCUT2D eigenvalue weighted by molar-refractivity contribution is 8.14. The second kappa shape index (κ2) is 13.1. The molecule has 6 nitrogen and oxygen atoms in total. The summed E-state index contributed by atoms with van der Waals surface area (Å²) in [6.07, 6.45) is 6.33. The van der Waals surface area contributed by atoms with E-state index in [2.05, 4.69) is 107 Å². The lowest BCUT2D eigenvalue weighted by Gasteiger charge is -2.49. The van der Waals surface area contributed by atoms with Crippen LogP contribution in [0.25, 0.3) is 6.08 Å². The fourth-order valence-corrected chi connectivity index (χ4v) is 6.73. The van der Waals surface area contributed by atoms with Crippen LogP contribution in [0.5, 0.6) is 0 Å². The normalized spacial score (nSPS) is 16.9. The molecule has 0 spiro atoms. The molecule has 0 radical (unpaired) electrons. The summed E-state index contributed by atoms with van der Waals surface area (Å²) in [6, 6.07) is 31.9. The zero-order valence-electron chi connectivity index (χ0n) is 23.5. The van der Waals surface area contributed by atoms with Gasteiger partial charge in [-0.15, -0.1) is 0 Å². The molecule has 0 aliphatic carbocycles. The van der Waals surface area contributed by atoms with Crippen molar-refractivity contribution in [2.24, 2.45) is 0 Å². The average molecular weight is 566 g/mol. The highest BCUT2D eigenvalue weighted by atomic mass is 32.2. The van der Waals surface area contributed by atoms with Gasteiger partial charge < -0.3 is 9.30 Å². The van der Waals surface area contributed by atoms with Crippen LogP contribution in [0, 0.1) is 0 Å². The monoisotopic (exact) mass is 565 g/mol. The third-order valence-electron chi connectivity index (χ3n) is 7.47. The van der Waals surface area contributed by atoms with Gasteiger partial charge in [-0.3, -0.25) is 14.5 Å². The molecule has 0 saturated carbocycles. The van der Waals surface area contributed by atoms with Crippen molar-refractivity contribution in [3.05, 3.63) is 131 Å². The Morgan fingerprint density at radius 3 is 2.02 bits per heavy atom. The second-order valence-corrected chi connectivity index (χ2v) is 11.4. The molecule has 2 heterocycles. The summed E-state index contributed by atoms with van der Waals surface area (Å²) in [7, 11) is 0. The Hall–Kier alpha value is -3.94. The quantitative estimate of drug-likeness (QED) is 0.179. The summed E-state index contributed by atoms with van der Waals surface area (Å²) in [5.74, 6) is 0.370. The number of rotatable bonds is 9. The number of likely N-dealkylation sites (tertiary alicyclic amines) is 1. The Kier molecular flexibility index (Phi) is 9.17. The van der Waals surface area contributed by atoms with E-state index in [1.807, 2.05) is 0 Å². The first-order valence-electron chi connectivity index (χ1n) is 14.0. The Labute approximate surface area is 246 Å². The van der Waals surface area contributed by atoms with E-state index < -0.39 is 5.54 Å². The summed E-state index contributed by atoms with van der Waals surface area (Å²) in [5.41, 5.74) is 4.07. The summed E-state index contributed by atoms with van der Waals surface area (Å²) in [5, 5.41) is 0.0983. The van der Waals surface area contributed by atoms with Gasteiger partial charge in [0.1, 0.15) is 12.4 Å². The topological polar surface area (TPSA) is 64.4 Å². The van der Waals surface area contributed by atoms with Crippen molar-refractivity contribution >= 4 is 28.9 Å². The number of carbonyl (C=O) groups is 2. The number of piperidine rings is 1. The van der Waals surface area contributed by atoms with E-state index in [-0.39, 0.29) is 22.9 Å². The molecule has 7 heteroatoms. The maximum absolute atomic E-state index is 12.3. The lowest BCUT2D eigenvalue weighted by Crippen LogP contribution is -2.52. The molecule has 1 atom stereocenters. The number of hydrogen-bond donors (Lipinski definition) is 0. The van der Waals surface area contributed by atoms with Gasteiger partial charge in [-0.25, -0.2) is 4.98 Å². The van der Waals surface area contributed by atoms with Gasteiger partial charge >= 0.3 is 5.97 Å². The predicted octanol–water partition coefficient (Wildman–Crippen LogP) is 6.18. The fraction of sp³-hybridized carbons (Fsp3) is 0.265. The molecule has 210 valence electrons. The van der Waals surface area contributed by atoms with Crippen LogP contribution in [-0.4, -0.2) is 50.5 Å². The lowest BCUT2D eigenvalue weighted by molar-refractivity contribution is -0.143. The van der Waals surface area contributed by atoms with Crippen LogP contribution in [0.15, 0.2) is 109 Å². The average Bonchev–Trinajstić information content (AvgIpc) is 3.42. The van der Waals surface area contributed by atoms with E-state index in [4.69, 9.17) is 4.74 Å². The van der Waals surface area contributed by atoms with Gasteiger partial charge in [0.2, 0.25) is 0 Å². The first-order chi connectivity index (χ1) is 20.0. The van der Waals surface area contributed by atoms with Crippen LogP contribution in [0.1, 0.15) is 42.8 Å². The lowest BCUT2D eigenvalue weighted by atomic mass is 9.74. The number of thioether (sulfide) groups is 1. The Morgan fingerprint density at radius 2 is 1.51 bits per heavy atom. The van der Waals surface area contributed by atoms with Crippen molar-refractivity contribution < 1.29 is 14.3 Å². The number of aromatic nitrogens is 2. The number of carbonyl (C=O) groups excluding carboxylic acids is 2. The minimum atomic E-state index is -0.560. The van der Waals surface area contributed by atoms with Gasteiger partial charge in [-0.1, -0.05) is 103 Å². The molecule has 0 N–H and O–H groups in total. The minimum Gasteiger partial charge on any atom is -0.465 e. The molecule has 1 aromatic heterocycles.